The summed E-state index contributed by atoms with van der Waals surface area (Å²) in [7, 11) is 5.62. The summed E-state index contributed by atoms with van der Waals surface area (Å²) >= 11 is 1.49. The van der Waals surface area contributed by atoms with Crippen LogP contribution in [0, 0.1) is 5.92 Å². The normalized spacial score (nSPS) is 21.7. The average Bonchev–Trinajstić information content (AvgIpc) is 3.41. The highest BCUT2D eigenvalue weighted by Crippen LogP contribution is 2.49. The number of carbonyl (C=O) groups is 3. The van der Waals surface area contributed by atoms with E-state index in [1.807, 2.05) is 17.5 Å². The van der Waals surface area contributed by atoms with Gasteiger partial charge in [0, 0.05) is 33.7 Å². The van der Waals surface area contributed by atoms with Crippen LogP contribution in [-0.2, 0) is 23.9 Å². The number of rotatable bonds is 6. The van der Waals surface area contributed by atoms with Crippen molar-refractivity contribution < 1.29 is 33.3 Å². The quantitative estimate of drug-likeness (QED) is 0.476. The van der Waals surface area contributed by atoms with Gasteiger partial charge in [0.25, 0.3) is 0 Å². The third-order valence-electron chi connectivity index (χ3n) is 6.53. The third kappa shape index (κ3) is 4.20. The molecule has 8 nitrogen and oxygen atoms in total. The van der Waals surface area contributed by atoms with Crippen LogP contribution in [0.1, 0.15) is 35.6 Å². The smallest absolute Gasteiger partial charge is 0.336 e. The van der Waals surface area contributed by atoms with Crippen molar-refractivity contribution in [1.29, 1.82) is 0 Å². The first kappa shape index (κ1) is 24.5. The summed E-state index contributed by atoms with van der Waals surface area (Å²) < 4.78 is 21.0. The fraction of sp³-hybridized carbons (Fsp3) is 0.346. The number of ether oxygens (including phenoxy) is 4. The maximum absolute atomic E-state index is 14.1. The molecule has 184 valence electrons. The summed E-state index contributed by atoms with van der Waals surface area (Å²) in [5.41, 5.74) is 2.56. The second kappa shape index (κ2) is 9.95. The van der Waals surface area contributed by atoms with Gasteiger partial charge in [0.05, 0.1) is 34.0 Å². The van der Waals surface area contributed by atoms with Crippen LogP contribution in [0.4, 0.5) is 0 Å². The zero-order valence-corrected chi connectivity index (χ0v) is 21.0. The Bertz CT molecular complexity index is 1230. The van der Waals surface area contributed by atoms with Gasteiger partial charge in [-0.05, 0) is 42.5 Å². The standard InChI is InChI=1S/C26H27NO7S/c1-13-20(25(29)33-4)21(14-8-9-17(31-2)18(11-14)32-3)23-16(27-13)12-15(19-7-6-10-35-19)22(24(23)28)26(30)34-5/h6-11,15,21-22,27H,12H2,1-5H3/t15-,21+,22-/m1/s1. The molecule has 0 radical (unpaired) electrons. The molecule has 35 heavy (non-hydrogen) atoms. The molecule has 4 rings (SSSR count). The van der Waals surface area contributed by atoms with Gasteiger partial charge in [-0.3, -0.25) is 9.59 Å². The first-order valence-corrected chi connectivity index (χ1v) is 11.9. The molecule has 2 heterocycles. The van der Waals surface area contributed by atoms with E-state index in [0.29, 0.717) is 46.0 Å². The maximum Gasteiger partial charge on any atom is 0.336 e. The first-order chi connectivity index (χ1) is 16.9. The molecule has 1 aromatic carbocycles. The lowest BCUT2D eigenvalue weighted by atomic mass is 9.68. The van der Waals surface area contributed by atoms with E-state index in [9.17, 15) is 14.4 Å². The minimum atomic E-state index is -1.03. The van der Waals surface area contributed by atoms with Crippen LogP contribution in [0.5, 0.6) is 11.5 Å². The molecular formula is C26H27NO7S. The Labute approximate surface area is 207 Å². The Hall–Kier alpha value is -3.59. The predicted molar refractivity (Wildman–Crippen MR) is 129 cm³/mol. The zero-order chi connectivity index (χ0) is 25.3. The summed E-state index contributed by atoms with van der Waals surface area (Å²) in [6.07, 6.45) is 0.414. The fourth-order valence-electron chi connectivity index (χ4n) is 4.95. The first-order valence-electron chi connectivity index (χ1n) is 11.0. The van der Waals surface area contributed by atoms with Crippen LogP contribution in [0.25, 0.3) is 0 Å². The molecule has 3 atom stereocenters. The molecule has 0 bridgehead atoms. The van der Waals surface area contributed by atoms with E-state index in [2.05, 4.69) is 5.32 Å². The van der Waals surface area contributed by atoms with Crippen molar-refractivity contribution in [2.45, 2.75) is 25.2 Å². The van der Waals surface area contributed by atoms with Crippen LogP contribution in [0.3, 0.4) is 0 Å². The Kier molecular flexibility index (Phi) is 6.98. The molecule has 0 spiro atoms. The highest BCUT2D eigenvalue weighted by atomic mass is 32.1. The van der Waals surface area contributed by atoms with Gasteiger partial charge in [0.1, 0.15) is 5.92 Å². The van der Waals surface area contributed by atoms with Crippen LogP contribution in [0.2, 0.25) is 0 Å². The van der Waals surface area contributed by atoms with Gasteiger partial charge < -0.3 is 24.3 Å². The molecule has 1 aliphatic carbocycles. The number of dihydropyridines is 1. The largest absolute Gasteiger partial charge is 0.493 e. The molecule has 2 aliphatic rings. The fourth-order valence-corrected chi connectivity index (χ4v) is 5.81. The minimum Gasteiger partial charge on any atom is -0.493 e. The Balaban J connectivity index is 1.93. The lowest BCUT2D eigenvalue weighted by Crippen LogP contribution is -2.43. The lowest BCUT2D eigenvalue weighted by Gasteiger charge is -2.39. The molecule has 0 unspecified atom stereocenters. The van der Waals surface area contributed by atoms with E-state index in [0.717, 1.165) is 4.88 Å². The van der Waals surface area contributed by atoms with Gasteiger partial charge in [0.15, 0.2) is 17.3 Å². The summed E-state index contributed by atoms with van der Waals surface area (Å²) in [5.74, 6) is -2.74. The molecule has 1 N–H and O–H groups in total. The number of methoxy groups -OCH3 is 4. The summed E-state index contributed by atoms with van der Waals surface area (Å²) in [5, 5.41) is 5.18. The highest BCUT2D eigenvalue weighted by molar-refractivity contribution is 7.10. The van der Waals surface area contributed by atoms with Gasteiger partial charge in [-0.15, -0.1) is 11.3 Å². The molecule has 0 saturated heterocycles. The molecule has 1 aromatic heterocycles. The predicted octanol–water partition coefficient (Wildman–Crippen LogP) is 3.70. The molecule has 2 aromatic rings. The maximum atomic E-state index is 14.1. The Morgan fingerprint density at radius 3 is 2.37 bits per heavy atom. The second-order valence-corrected chi connectivity index (χ2v) is 9.27. The van der Waals surface area contributed by atoms with Crippen LogP contribution >= 0.6 is 11.3 Å². The number of carbonyl (C=O) groups excluding carboxylic acids is 3. The Morgan fingerprint density at radius 1 is 1.03 bits per heavy atom. The number of Topliss-reactive ketones (excluding diaryl/α,β-unsaturated/α-hetero) is 1. The number of thiophene rings is 1. The van der Waals surface area contributed by atoms with Crippen molar-refractivity contribution in [2.24, 2.45) is 5.92 Å². The van der Waals surface area contributed by atoms with Gasteiger partial charge in [-0.25, -0.2) is 4.79 Å². The Morgan fingerprint density at radius 2 is 1.77 bits per heavy atom. The number of hydrogen-bond acceptors (Lipinski definition) is 9. The van der Waals surface area contributed by atoms with Crippen molar-refractivity contribution in [1.82, 2.24) is 5.32 Å². The second-order valence-electron chi connectivity index (χ2n) is 8.29. The van der Waals surface area contributed by atoms with Crippen LogP contribution in [-0.4, -0.2) is 46.2 Å². The number of esters is 2. The number of allylic oxidation sites excluding steroid dienone is 3. The number of nitrogens with one attached hydrogen (secondary N) is 1. The van der Waals surface area contributed by atoms with E-state index in [-0.39, 0.29) is 11.7 Å². The highest BCUT2D eigenvalue weighted by Gasteiger charge is 2.49. The molecule has 0 amide bonds. The summed E-state index contributed by atoms with van der Waals surface area (Å²) in [6.45, 7) is 1.78. The van der Waals surface area contributed by atoms with Crippen molar-refractivity contribution in [2.75, 3.05) is 28.4 Å². The number of benzene rings is 1. The number of ketones is 1. The van der Waals surface area contributed by atoms with Crippen LogP contribution < -0.4 is 14.8 Å². The van der Waals surface area contributed by atoms with E-state index in [1.54, 1.807) is 25.1 Å². The van der Waals surface area contributed by atoms with Crippen molar-refractivity contribution in [3.8, 4) is 11.5 Å². The molecule has 9 heteroatoms. The minimum absolute atomic E-state index is 0.296. The molecule has 1 aliphatic heterocycles. The van der Waals surface area contributed by atoms with Gasteiger partial charge in [0.2, 0.25) is 0 Å². The van der Waals surface area contributed by atoms with Gasteiger partial charge in [-0.1, -0.05) is 12.1 Å². The van der Waals surface area contributed by atoms with E-state index >= 15 is 0 Å². The van der Waals surface area contributed by atoms with Crippen molar-refractivity contribution in [3.63, 3.8) is 0 Å². The molecular weight excluding hydrogens is 470 g/mol. The van der Waals surface area contributed by atoms with Crippen molar-refractivity contribution in [3.05, 3.63) is 68.7 Å². The van der Waals surface area contributed by atoms with E-state index in [1.165, 1.54) is 39.8 Å². The van der Waals surface area contributed by atoms with E-state index < -0.39 is 23.8 Å². The summed E-state index contributed by atoms with van der Waals surface area (Å²) in [6, 6.07) is 9.05. The van der Waals surface area contributed by atoms with Crippen LogP contribution in [0.15, 0.2) is 58.3 Å². The van der Waals surface area contributed by atoms with Crippen molar-refractivity contribution >= 4 is 29.1 Å². The lowest BCUT2D eigenvalue weighted by molar-refractivity contribution is -0.149. The monoisotopic (exact) mass is 497 g/mol. The third-order valence-corrected chi connectivity index (χ3v) is 7.53. The van der Waals surface area contributed by atoms with E-state index in [4.69, 9.17) is 18.9 Å². The number of hydrogen-bond donors (Lipinski definition) is 1. The zero-order valence-electron chi connectivity index (χ0n) is 20.2. The van der Waals surface area contributed by atoms with Gasteiger partial charge >= 0.3 is 11.9 Å². The topological polar surface area (TPSA) is 100 Å². The average molecular weight is 498 g/mol. The van der Waals surface area contributed by atoms with Gasteiger partial charge in [-0.2, -0.15) is 0 Å². The molecule has 0 saturated carbocycles. The molecule has 0 fully saturated rings. The SMILES string of the molecule is COC(=O)C1=C(C)NC2=C(C(=O)[C@H](C(=O)OC)[C@@H](c3cccs3)C2)[C@H]1c1ccc(OC)c(OC)c1. The summed E-state index contributed by atoms with van der Waals surface area (Å²) in [4.78, 5) is 40.8.